The van der Waals surface area contributed by atoms with Crippen molar-refractivity contribution >= 4 is 27.7 Å². The summed E-state index contributed by atoms with van der Waals surface area (Å²) in [4.78, 5) is 25.8. The summed E-state index contributed by atoms with van der Waals surface area (Å²) in [5.74, 6) is 0.441. The molecule has 0 aliphatic heterocycles. The number of ketones is 1. The first kappa shape index (κ1) is 20.5. The van der Waals surface area contributed by atoms with Gasteiger partial charge in [0.15, 0.2) is 5.76 Å². The van der Waals surface area contributed by atoms with Crippen LogP contribution in [0.1, 0.15) is 21.7 Å². The van der Waals surface area contributed by atoms with E-state index in [1.807, 2.05) is 43.3 Å². The molecule has 0 N–H and O–H groups in total. The van der Waals surface area contributed by atoms with Crippen LogP contribution < -0.4 is 10.4 Å². The number of benzene rings is 3. The van der Waals surface area contributed by atoms with E-state index in [1.165, 1.54) is 6.07 Å². The number of aryl methyl sites for hydroxylation is 1. The van der Waals surface area contributed by atoms with Crippen molar-refractivity contribution in [1.29, 1.82) is 0 Å². The molecule has 0 amide bonds. The average Bonchev–Trinajstić information content (AvgIpc) is 3.23. The van der Waals surface area contributed by atoms with Crippen molar-refractivity contribution < 1.29 is 18.4 Å². The zero-order chi connectivity index (χ0) is 22.9. The number of fused-ring (bicyclic) bond motifs is 3. The summed E-state index contributed by atoms with van der Waals surface area (Å²) in [6.45, 7) is 5.84. The number of hydrogen-bond acceptors (Lipinski definition) is 5. The molecule has 0 saturated carbocycles. The number of ether oxygens (including phenoxy) is 1. The first-order valence-electron chi connectivity index (χ1n) is 10.5. The molecular formula is C28H20O5. The number of carbonyl (C=O) groups is 1. The van der Waals surface area contributed by atoms with E-state index in [2.05, 4.69) is 6.58 Å². The molecule has 162 valence electrons. The van der Waals surface area contributed by atoms with Crippen LogP contribution in [0.3, 0.4) is 0 Å². The zero-order valence-corrected chi connectivity index (χ0v) is 18.0. The van der Waals surface area contributed by atoms with Gasteiger partial charge in [-0.25, -0.2) is 4.79 Å². The molecule has 5 heteroatoms. The van der Waals surface area contributed by atoms with Crippen LogP contribution in [0.2, 0.25) is 0 Å². The Morgan fingerprint density at radius 1 is 1.00 bits per heavy atom. The molecule has 2 heterocycles. The minimum absolute atomic E-state index is 0.175. The van der Waals surface area contributed by atoms with Crippen LogP contribution in [0.5, 0.6) is 5.75 Å². The quantitative estimate of drug-likeness (QED) is 0.177. The van der Waals surface area contributed by atoms with Gasteiger partial charge in [0, 0.05) is 22.6 Å². The maximum Gasteiger partial charge on any atom is 0.336 e. The second-order valence-electron chi connectivity index (χ2n) is 7.69. The van der Waals surface area contributed by atoms with Gasteiger partial charge >= 0.3 is 5.63 Å². The predicted molar refractivity (Wildman–Crippen MR) is 128 cm³/mol. The maximum atomic E-state index is 13.6. The highest BCUT2D eigenvalue weighted by molar-refractivity contribution is 6.20. The lowest BCUT2D eigenvalue weighted by Gasteiger charge is -2.07. The van der Waals surface area contributed by atoms with Crippen molar-refractivity contribution in [3.05, 3.63) is 113 Å². The highest BCUT2D eigenvalue weighted by Crippen LogP contribution is 2.40. The Morgan fingerprint density at radius 2 is 1.82 bits per heavy atom. The van der Waals surface area contributed by atoms with Crippen LogP contribution in [0.15, 0.2) is 99.1 Å². The molecule has 0 aliphatic rings. The number of rotatable bonds is 6. The Morgan fingerprint density at radius 3 is 2.61 bits per heavy atom. The summed E-state index contributed by atoms with van der Waals surface area (Å²) in [5.41, 5.74) is 3.02. The maximum absolute atomic E-state index is 13.6. The van der Waals surface area contributed by atoms with Crippen molar-refractivity contribution in [2.75, 3.05) is 6.61 Å². The van der Waals surface area contributed by atoms with Crippen LogP contribution in [-0.2, 0) is 0 Å². The summed E-state index contributed by atoms with van der Waals surface area (Å²) >= 11 is 0. The average molecular weight is 436 g/mol. The Labute approximate surface area is 189 Å². The summed E-state index contributed by atoms with van der Waals surface area (Å²) < 4.78 is 17.3. The lowest BCUT2D eigenvalue weighted by molar-refractivity contribution is 0.101. The van der Waals surface area contributed by atoms with Gasteiger partial charge in [-0.1, -0.05) is 55.1 Å². The summed E-state index contributed by atoms with van der Waals surface area (Å²) in [5, 5.41) is 1.39. The Bertz CT molecular complexity index is 1570. The molecule has 0 bridgehead atoms. The molecule has 0 unspecified atom stereocenters. The molecule has 2 aromatic heterocycles. The van der Waals surface area contributed by atoms with Crippen LogP contribution in [0.4, 0.5) is 0 Å². The third-order valence-corrected chi connectivity index (χ3v) is 5.50. The second kappa shape index (κ2) is 8.28. The molecule has 5 aromatic rings. The van der Waals surface area contributed by atoms with E-state index in [0.29, 0.717) is 40.0 Å². The van der Waals surface area contributed by atoms with E-state index in [0.717, 1.165) is 16.5 Å². The number of hydrogen-bond donors (Lipinski definition) is 0. The Kier molecular flexibility index (Phi) is 5.15. The van der Waals surface area contributed by atoms with Gasteiger partial charge in [-0.3, -0.25) is 4.79 Å². The number of furan rings is 1. The minimum Gasteiger partial charge on any atom is -0.490 e. The normalized spacial score (nSPS) is 11.1. The molecule has 0 spiro atoms. The minimum atomic E-state index is -0.451. The molecule has 33 heavy (non-hydrogen) atoms. The van der Waals surface area contributed by atoms with Crippen molar-refractivity contribution in [2.45, 2.75) is 6.92 Å². The molecule has 5 rings (SSSR count). The van der Waals surface area contributed by atoms with Crippen LogP contribution in [-0.4, -0.2) is 12.4 Å². The van der Waals surface area contributed by atoms with Gasteiger partial charge in [-0.15, -0.1) is 0 Å². The fourth-order valence-corrected chi connectivity index (χ4v) is 4.02. The van der Waals surface area contributed by atoms with Gasteiger partial charge in [0.25, 0.3) is 0 Å². The van der Waals surface area contributed by atoms with E-state index in [4.69, 9.17) is 13.6 Å². The lowest BCUT2D eigenvalue weighted by atomic mass is 9.96. The Balaban J connectivity index is 1.79. The predicted octanol–water partition coefficient (Wildman–Crippen LogP) is 6.31. The molecule has 0 radical (unpaired) electrons. The van der Waals surface area contributed by atoms with Crippen molar-refractivity contribution in [1.82, 2.24) is 0 Å². The molecule has 5 nitrogen and oxygen atoms in total. The third-order valence-electron chi connectivity index (χ3n) is 5.50. The summed E-state index contributed by atoms with van der Waals surface area (Å²) in [7, 11) is 0. The van der Waals surface area contributed by atoms with Crippen molar-refractivity contribution in [3.63, 3.8) is 0 Å². The zero-order valence-electron chi connectivity index (χ0n) is 18.0. The van der Waals surface area contributed by atoms with E-state index < -0.39 is 5.63 Å². The van der Waals surface area contributed by atoms with Crippen molar-refractivity contribution in [2.24, 2.45) is 0 Å². The van der Waals surface area contributed by atoms with Gasteiger partial charge in [0.2, 0.25) is 5.78 Å². The highest BCUT2D eigenvalue weighted by atomic mass is 16.5. The van der Waals surface area contributed by atoms with Gasteiger partial charge in [0.1, 0.15) is 23.5 Å². The molecule has 0 fully saturated rings. The molecule has 0 atom stereocenters. The fraction of sp³-hybridized carbons (Fsp3) is 0.0714. The SMILES string of the molecule is C=CCOc1cccc(C(=O)c2oc3ccc4c(C)cc(=O)oc4c3c2-c2ccccc2)c1. The fourth-order valence-electron chi connectivity index (χ4n) is 4.02. The monoisotopic (exact) mass is 436 g/mol. The van der Waals surface area contributed by atoms with Gasteiger partial charge in [-0.05, 0) is 42.3 Å². The molecule has 3 aromatic carbocycles. The van der Waals surface area contributed by atoms with E-state index >= 15 is 0 Å². The van der Waals surface area contributed by atoms with Gasteiger partial charge < -0.3 is 13.6 Å². The van der Waals surface area contributed by atoms with E-state index in [-0.39, 0.29) is 11.5 Å². The highest BCUT2D eigenvalue weighted by Gasteiger charge is 2.26. The number of carbonyl (C=O) groups excluding carboxylic acids is 1. The lowest BCUT2D eigenvalue weighted by Crippen LogP contribution is -2.03. The van der Waals surface area contributed by atoms with Crippen LogP contribution >= 0.6 is 0 Å². The molecular weight excluding hydrogens is 416 g/mol. The van der Waals surface area contributed by atoms with Gasteiger partial charge in [0.05, 0.1) is 5.39 Å². The smallest absolute Gasteiger partial charge is 0.336 e. The molecule has 0 aliphatic carbocycles. The van der Waals surface area contributed by atoms with Crippen molar-refractivity contribution in [3.8, 4) is 16.9 Å². The third kappa shape index (κ3) is 3.64. The second-order valence-corrected chi connectivity index (χ2v) is 7.69. The topological polar surface area (TPSA) is 69.7 Å². The van der Waals surface area contributed by atoms with E-state index in [9.17, 15) is 9.59 Å². The first-order chi connectivity index (χ1) is 16.1. The van der Waals surface area contributed by atoms with Crippen LogP contribution in [0.25, 0.3) is 33.1 Å². The van der Waals surface area contributed by atoms with Crippen LogP contribution in [0, 0.1) is 6.92 Å². The Hall–Kier alpha value is -4.38. The summed E-state index contributed by atoms with van der Waals surface area (Å²) in [6.07, 6.45) is 1.64. The largest absolute Gasteiger partial charge is 0.490 e. The standard InChI is InChI=1S/C28H20O5/c1-3-14-31-20-11-7-10-19(16-20)26(30)28-24(18-8-5-4-6-9-18)25-22(32-28)13-12-21-17(2)15-23(29)33-27(21)25/h3-13,15-16H,1,14H2,2H3. The molecule has 0 saturated heterocycles. The first-order valence-corrected chi connectivity index (χ1v) is 10.5. The van der Waals surface area contributed by atoms with E-state index in [1.54, 1.807) is 36.4 Å². The van der Waals surface area contributed by atoms with Gasteiger partial charge in [-0.2, -0.15) is 0 Å². The summed E-state index contributed by atoms with van der Waals surface area (Å²) in [6, 6.07) is 21.5.